The number of aromatic nitrogens is 1. The summed E-state index contributed by atoms with van der Waals surface area (Å²) in [5.74, 6) is 0.124. The van der Waals surface area contributed by atoms with Crippen LogP contribution in [0.25, 0.3) is 5.57 Å². The number of esters is 1. The van der Waals surface area contributed by atoms with E-state index in [4.69, 9.17) is 14.2 Å². The van der Waals surface area contributed by atoms with Gasteiger partial charge in [0.1, 0.15) is 4.53 Å². The lowest BCUT2D eigenvalue weighted by atomic mass is 9.95. The zero-order valence-electron chi connectivity index (χ0n) is 21.0. The van der Waals surface area contributed by atoms with Gasteiger partial charge in [0.05, 0.1) is 49.4 Å². The third-order valence-electron chi connectivity index (χ3n) is 6.50. The summed E-state index contributed by atoms with van der Waals surface area (Å²) < 4.78 is 17.9. The van der Waals surface area contributed by atoms with Crippen molar-refractivity contribution >= 4 is 34.5 Å². The molecule has 0 saturated carbocycles. The quantitative estimate of drug-likeness (QED) is 0.479. The summed E-state index contributed by atoms with van der Waals surface area (Å²) in [7, 11) is 4.73. The van der Waals surface area contributed by atoms with Crippen LogP contribution >= 0.6 is 11.3 Å². The lowest BCUT2D eigenvalue weighted by molar-refractivity contribution is -0.139. The molecule has 190 valence electrons. The summed E-state index contributed by atoms with van der Waals surface area (Å²) in [4.78, 5) is 47.0. The van der Waals surface area contributed by atoms with E-state index in [-0.39, 0.29) is 22.6 Å². The first-order chi connectivity index (χ1) is 17.8. The highest BCUT2D eigenvalue weighted by Gasteiger charge is 2.36. The van der Waals surface area contributed by atoms with Crippen LogP contribution in [0.4, 0.5) is 5.69 Å². The number of nitrogens with zero attached hydrogens (tertiary/aromatic N) is 3. The number of fused-ring (bicyclic) bond motifs is 2. The lowest BCUT2D eigenvalue weighted by Crippen LogP contribution is -2.40. The highest BCUT2D eigenvalue weighted by atomic mass is 32.1. The first-order valence-corrected chi connectivity index (χ1v) is 12.5. The number of methoxy groups -OCH3 is 2. The Kier molecular flexibility index (Phi) is 6.20. The summed E-state index contributed by atoms with van der Waals surface area (Å²) >= 11 is 1.13. The number of para-hydroxylation sites is 1. The van der Waals surface area contributed by atoms with Crippen molar-refractivity contribution in [1.82, 2.24) is 4.57 Å². The number of thiazole rings is 1. The van der Waals surface area contributed by atoms with Crippen molar-refractivity contribution in [3.05, 3.63) is 84.5 Å². The molecule has 0 saturated heterocycles. The fourth-order valence-corrected chi connectivity index (χ4v) is 5.91. The molecule has 1 amide bonds. The normalized spacial score (nSPS) is 17.8. The molecule has 1 aromatic heterocycles. The smallest absolute Gasteiger partial charge is 0.338 e. The Morgan fingerprint density at radius 3 is 2.51 bits per heavy atom. The van der Waals surface area contributed by atoms with Gasteiger partial charge in [-0.25, -0.2) is 9.79 Å². The number of ether oxygens (including phenoxy) is 3. The molecular weight excluding hydrogens is 494 g/mol. The van der Waals surface area contributed by atoms with Gasteiger partial charge in [-0.1, -0.05) is 35.6 Å². The summed E-state index contributed by atoms with van der Waals surface area (Å²) in [6.45, 7) is 3.60. The number of anilines is 1. The van der Waals surface area contributed by atoms with Gasteiger partial charge in [0, 0.05) is 12.6 Å². The van der Waals surface area contributed by atoms with Crippen molar-refractivity contribution < 1.29 is 23.8 Å². The predicted molar refractivity (Wildman–Crippen MR) is 139 cm³/mol. The van der Waals surface area contributed by atoms with Gasteiger partial charge in [-0.15, -0.1) is 0 Å². The average Bonchev–Trinajstić information content (AvgIpc) is 3.35. The van der Waals surface area contributed by atoms with E-state index in [2.05, 4.69) is 4.99 Å². The Labute approximate surface area is 216 Å². The van der Waals surface area contributed by atoms with Crippen molar-refractivity contribution in [2.24, 2.45) is 4.99 Å². The van der Waals surface area contributed by atoms with Gasteiger partial charge in [-0.3, -0.25) is 14.2 Å². The predicted octanol–water partition coefficient (Wildman–Crippen LogP) is 2.16. The van der Waals surface area contributed by atoms with Crippen molar-refractivity contribution in [2.45, 2.75) is 19.9 Å². The molecule has 0 unspecified atom stereocenters. The van der Waals surface area contributed by atoms with Crippen LogP contribution in [-0.4, -0.2) is 44.3 Å². The highest BCUT2D eigenvalue weighted by Crippen LogP contribution is 2.37. The molecule has 0 N–H and O–H groups in total. The van der Waals surface area contributed by atoms with Crippen LogP contribution in [0.1, 0.15) is 31.0 Å². The second kappa shape index (κ2) is 9.36. The maximum Gasteiger partial charge on any atom is 0.338 e. The van der Waals surface area contributed by atoms with Gasteiger partial charge in [-0.2, -0.15) is 0 Å². The Balaban J connectivity index is 1.83. The van der Waals surface area contributed by atoms with Crippen LogP contribution in [0.3, 0.4) is 0 Å². The molecule has 0 aliphatic carbocycles. The molecule has 0 spiro atoms. The van der Waals surface area contributed by atoms with E-state index in [1.807, 2.05) is 24.3 Å². The zero-order valence-corrected chi connectivity index (χ0v) is 21.8. The monoisotopic (exact) mass is 519 g/mol. The number of amides is 1. The van der Waals surface area contributed by atoms with Gasteiger partial charge in [0.15, 0.2) is 16.3 Å². The van der Waals surface area contributed by atoms with Gasteiger partial charge in [0.2, 0.25) is 0 Å². The number of hydrogen-bond acceptors (Lipinski definition) is 8. The van der Waals surface area contributed by atoms with E-state index in [0.717, 1.165) is 17.0 Å². The maximum atomic E-state index is 14.0. The molecule has 2 aliphatic rings. The lowest BCUT2D eigenvalue weighted by Gasteiger charge is -2.25. The summed E-state index contributed by atoms with van der Waals surface area (Å²) in [5.41, 5.74) is 2.62. The molecule has 2 aliphatic heterocycles. The first kappa shape index (κ1) is 24.5. The van der Waals surface area contributed by atoms with E-state index in [1.54, 1.807) is 39.1 Å². The Morgan fingerprint density at radius 1 is 1.08 bits per heavy atom. The number of carbonyl (C=O) groups excluding carboxylic acids is 2. The second-order valence-corrected chi connectivity index (χ2v) is 9.47. The average molecular weight is 520 g/mol. The number of hydrogen-bond donors (Lipinski definition) is 0. The molecule has 0 bridgehead atoms. The second-order valence-electron chi connectivity index (χ2n) is 8.49. The van der Waals surface area contributed by atoms with Crippen LogP contribution in [-0.2, 0) is 14.3 Å². The fraction of sp³-hybridized carbons (Fsp3) is 0.259. The molecule has 2 aromatic carbocycles. The SMILES string of the molecule is CCOC(=O)C1=C(C)N=c2sc(=C3C(=O)N(C)c4ccccc43)c(=O)n2[C@@H]1c1ccc(OC)c(OC)c1. The molecule has 3 aromatic rings. The minimum absolute atomic E-state index is 0.167. The van der Waals surface area contributed by atoms with Gasteiger partial charge in [0.25, 0.3) is 11.5 Å². The van der Waals surface area contributed by atoms with E-state index in [0.29, 0.717) is 38.7 Å². The van der Waals surface area contributed by atoms with Gasteiger partial charge < -0.3 is 19.1 Å². The number of allylic oxidation sites excluding steroid dienone is 1. The standard InChI is InChI=1S/C27H25N3O6S/c1-6-36-26(33)20-14(2)28-27-30(22(20)15-11-12-18(34-4)19(13-15)35-5)25(32)23(37-27)21-16-9-7-8-10-17(16)29(3)24(21)31/h7-13,22H,6H2,1-5H3/t22-/m1/s1. The third kappa shape index (κ3) is 3.75. The van der Waals surface area contributed by atoms with E-state index in [9.17, 15) is 14.4 Å². The van der Waals surface area contributed by atoms with Gasteiger partial charge in [-0.05, 0) is 37.6 Å². The molecule has 9 nitrogen and oxygen atoms in total. The number of carbonyl (C=O) groups is 2. The summed E-state index contributed by atoms with van der Waals surface area (Å²) in [6, 6.07) is 11.7. The number of benzene rings is 2. The van der Waals surface area contributed by atoms with E-state index in [1.165, 1.54) is 23.7 Å². The van der Waals surface area contributed by atoms with Crippen molar-refractivity contribution in [1.29, 1.82) is 0 Å². The van der Waals surface area contributed by atoms with Crippen LogP contribution in [0, 0.1) is 0 Å². The third-order valence-corrected chi connectivity index (χ3v) is 7.55. The Hall–Kier alpha value is -4.18. The first-order valence-electron chi connectivity index (χ1n) is 11.6. The highest BCUT2D eigenvalue weighted by molar-refractivity contribution is 7.07. The molecular formula is C27H25N3O6S. The van der Waals surface area contributed by atoms with Gasteiger partial charge >= 0.3 is 5.97 Å². The fourth-order valence-electron chi connectivity index (χ4n) is 4.77. The summed E-state index contributed by atoms with van der Waals surface area (Å²) in [6.07, 6.45) is 0. The molecule has 3 heterocycles. The molecule has 10 heteroatoms. The van der Waals surface area contributed by atoms with Crippen molar-refractivity contribution in [3.63, 3.8) is 0 Å². The van der Waals surface area contributed by atoms with Crippen LogP contribution in [0.5, 0.6) is 11.5 Å². The van der Waals surface area contributed by atoms with Crippen LogP contribution in [0.15, 0.2) is 63.5 Å². The Bertz CT molecular complexity index is 1670. The largest absolute Gasteiger partial charge is 0.493 e. The minimum Gasteiger partial charge on any atom is -0.493 e. The topological polar surface area (TPSA) is 99.4 Å². The molecule has 37 heavy (non-hydrogen) atoms. The molecule has 5 rings (SSSR count). The molecule has 1 atom stereocenters. The Morgan fingerprint density at radius 2 is 1.81 bits per heavy atom. The minimum atomic E-state index is -0.839. The zero-order chi connectivity index (χ0) is 26.4. The van der Waals surface area contributed by atoms with Crippen LogP contribution < -0.4 is 29.3 Å². The van der Waals surface area contributed by atoms with Crippen molar-refractivity contribution in [2.75, 3.05) is 32.8 Å². The number of likely N-dealkylation sites (N-methyl/N-ethyl adjacent to an activating group) is 1. The molecule has 0 radical (unpaired) electrons. The van der Waals surface area contributed by atoms with E-state index >= 15 is 0 Å². The van der Waals surface area contributed by atoms with Crippen LogP contribution in [0.2, 0.25) is 0 Å². The summed E-state index contributed by atoms with van der Waals surface area (Å²) in [5, 5.41) is 0. The van der Waals surface area contributed by atoms with E-state index < -0.39 is 17.6 Å². The number of rotatable bonds is 5. The maximum absolute atomic E-state index is 14.0. The molecule has 0 fully saturated rings. The van der Waals surface area contributed by atoms with Crippen molar-refractivity contribution in [3.8, 4) is 11.5 Å².